The molecule has 0 spiro atoms. The topological polar surface area (TPSA) is 38.7 Å². The van der Waals surface area contributed by atoms with Gasteiger partial charge in [-0.05, 0) is 61.1 Å². The molecule has 1 radical (unpaired) electrons. The zero-order valence-electron chi connectivity index (χ0n) is 13.7. The van der Waals surface area contributed by atoms with Gasteiger partial charge in [-0.15, -0.1) is 0 Å². The molecule has 2 aromatic carbocycles. The van der Waals surface area contributed by atoms with Gasteiger partial charge in [-0.1, -0.05) is 24.3 Å². The summed E-state index contributed by atoms with van der Waals surface area (Å²) in [5.41, 5.74) is 2.51. The van der Waals surface area contributed by atoms with Gasteiger partial charge >= 0.3 is 0 Å². The minimum absolute atomic E-state index is 0. The van der Waals surface area contributed by atoms with Crippen molar-refractivity contribution in [2.45, 2.75) is 38.4 Å². The molecule has 1 unspecified atom stereocenters. The number of rotatable bonds is 5. The Labute approximate surface area is 159 Å². The van der Waals surface area contributed by atoms with Gasteiger partial charge in [-0.25, -0.2) is 0 Å². The van der Waals surface area contributed by atoms with Gasteiger partial charge in [0.05, 0.1) is 6.61 Å². The number of phenols is 1. The third-order valence-electron chi connectivity index (χ3n) is 3.97. The second-order valence-corrected chi connectivity index (χ2v) is 5.72. The monoisotopic (exact) mass is 321 g/mol. The van der Waals surface area contributed by atoms with E-state index in [1.54, 1.807) is 12.1 Å². The molecule has 23 heavy (non-hydrogen) atoms. The van der Waals surface area contributed by atoms with E-state index in [2.05, 4.69) is 12.1 Å². The summed E-state index contributed by atoms with van der Waals surface area (Å²) >= 11 is 0. The predicted octanol–water partition coefficient (Wildman–Crippen LogP) is 3.70. The Bertz CT molecular complexity index is 575. The van der Waals surface area contributed by atoms with E-state index < -0.39 is 0 Å². The molecule has 3 rings (SSSR count). The molecular weight excluding hydrogens is 299 g/mol. The van der Waals surface area contributed by atoms with Gasteiger partial charge < -0.3 is 14.6 Å². The molecule has 1 saturated heterocycles. The minimum Gasteiger partial charge on any atom is -0.508 e. The van der Waals surface area contributed by atoms with Crippen LogP contribution in [-0.4, -0.2) is 47.6 Å². The first-order valence-corrected chi connectivity index (χ1v) is 7.95. The van der Waals surface area contributed by atoms with Crippen LogP contribution in [-0.2, 0) is 17.6 Å². The molecule has 1 aliphatic rings. The number of ether oxygens (including phenoxy) is 2. The summed E-state index contributed by atoms with van der Waals surface area (Å²) in [5.74, 6) is 1.19. The van der Waals surface area contributed by atoms with Gasteiger partial charge in [0.2, 0.25) is 0 Å². The summed E-state index contributed by atoms with van der Waals surface area (Å²) in [7, 11) is 0. The van der Waals surface area contributed by atoms with Crippen molar-refractivity contribution >= 4 is 29.6 Å². The van der Waals surface area contributed by atoms with Crippen molar-refractivity contribution in [3.63, 3.8) is 0 Å². The summed E-state index contributed by atoms with van der Waals surface area (Å²) < 4.78 is 11.4. The minimum atomic E-state index is -0.0865. The van der Waals surface area contributed by atoms with Gasteiger partial charge in [0.25, 0.3) is 0 Å². The van der Waals surface area contributed by atoms with Crippen molar-refractivity contribution in [2.24, 2.45) is 0 Å². The van der Waals surface area contributed by atoms with E-state index in [0.29, 0.717) is 5.75 Å². The van der Waals surface area contributed by atoms with Crippen LogP contribution in [0.15, 0.2) is 48.5 Å². The average molecular weight is 321 g/mol. The fraction of sp³-hybridized carbons (Fsp3) is 0.368. The number of aromatic hydroxyl groups is 1. The average Bonchev–Trinajstić information content (AvgIpc) is 2.57. The molecular formula is C19H22NaO3. The van der Waals surface area contributed by atoms with Crippen molar-refractivity contribution in [1.29, 1.82) is 0 Å². The largest absolute Gasteiger partial charge is 0.508 e. The first-order valence-electron chi connectivity index (χ1n) is 7.95. The van der Waals surface area contributed by atoms with Crippen LogP contribution in [0.1, 0.15) is 30.4 Å². The van der Waals surface area contributed by atoms with Crippen LogP contribution in [0.3, 0.4) is 0 Å². The van der Waals surface area contributed by atoms with Crippen molar-refractivity contribution < 1.29 is 14.6 Å². The smallest absolute Gasteiger partial charge is 0.199 e. The molecule has 1 N–H and O–H groups in total. The number of benzene rings is 2. The first-order chi connectivity index (χ1) is 10.8. The van der Waals surface area contributed by atoms with Gasteiger partial charge in [-0.2, -0.15) is 0 Å². The van der Waals surface area contributed by atoms with Crippen LogP contribution >= 0.6 is 0 Å². The van der Waals surface area contributed by atoms with Crippen LogP contribution in [0.25, 0.3) is 0 Å². The van der Waals surface area contributed by atoms with E-state index in [-0.39, 0.29) is 35.8 Å². The van der Waals surface area contributed by atoms with E-state index in [4.69, 9.17) is 9.47 Å². The molecule has 1 heterocycles. The predicted molar refractivity (Wildman–Crippen MR) is 91.9 cm³/mol. The number of aryl methyl sites for hydroxylation is 2. The summed E-state index contributed by atoms with van der Waals surface area (Å²) in [6.45, 7) is 0.801. The maximum Gasteiger partial charge on any atom is 0.199 e. The first kappa shape index (κ1) is 18.3. The maximum absolute atomic E-state index is 9.28. The summed E-state index contributed by atoms with van der Waals surface area (Å²) in [4.78, 5) is 0. The number of phenolic OH excluding ortho intramolecular Hbond substituents is 1. The van der Waals surface area contributed by atoms with E-state index in [9.17, 15) is 5.11 Å². The molecule has 2 aromatic rings. The van der Waals surface area contributed by atoms with E-state index in [0.717, 1.165) is 38.0 Å². The Hall–Kier alpha value is -1.00. The van der Waals surface area contributed by atoms with Crippen LogP contribution < -0.4 is 4.74 Å². The van der Waals surface area contributed by atoms with Crippen molar-refractivity contribution in [2.75, 3.05) is 6.61 Å². The molecule has 1 fully saturated rings. The molecule has 0 aliphatic carbocycles. The van der Waals surface area contributed by atoms with Crippen LogP contribution in [0.4, 0.5) is 0 Å². The van der Waals surface area contributed by atoms with Crippen molar-refractivity contribution in [3.05, 3.63) is 59.7 Å². The Morgan fingerprint density at radius 3 is 2.09 bits per heavy atom. The van der Waals surface area contributed by atoms with E-state index in [1.807, 2.05) is 24.3 Å². The normalized spacial score (nSPS) is 17.3. The van der Waals surface area contributed by atoms with Crippen molar-refractivity contribution in [1.82, 2.24) is 0 Å². The van der Waals surface area contributed by atoms with E-state index >= 15 is 0 Å². The molecule has 1 aliphatic heterocycles. The number of hydrogen-bond acceptors (Lipinski definition) is 3. The molecule has 0 saturated carbocycles. The summed E-state index contributed by atoms with van der Waals surface area (Å²) in [6.07, 6.45) is 5.14. The molecule has 0 aromatic heterocycles. The van der Waals surface area contributed by atoms with Gasteiger partial charge in [-0.3, -0.25) is 0 Å². The summed E-state index contributed by atoms with van der Waals surface area (Å²) in [5, 5.41) is 9.28. The molecule has 1 atom stereocenters. The SMILES string of the molecule is Oc1ccc(CCc2ccc(OC3CCCCO3)cc2)cc1.[Na]. The van der Waals surface area contributed by atoms with Crippen LogP contribution in [0.2, 0.25) is 0 Å². The maximum atomic E-state index is 9.28. The number of hydrogen-bond donors (Lipinski definition) is 1. The van der Waals surface area contributed by atoms with Crippen LogP contribution in [0.5, 0.6) is 11.5 Å². The van der Waals surface area contributed by atoms with Crippen LogP contribution in [0, 0.1) is 0 Å². The van der Waals surface area contributed by atoms with Gasteiger partial charge in [0, 0.05) is 36.0 Å². The summed E-state index contributed by atoms with van der Waals surface area (Å²) in [6, 6.07) is 15.7. The van der Waals surface area contributed by atoms with Gasteiger partial charge in [0.1, 0.15) is 11.5 Å². The second-order valence-electron chi connectivity index (χ2n) is 5.72. The molecule has 4 heteroatoms. The Morgan fingerprint density at radius 2 is 1.52 bits per heavy atom. The third-order valence-corrected chi connectivity index (χ3v) is 3.97. The second kappa shape index (κ2) is 9.33. The standard InChI is InChI=1S/C19H22O3.Na/c20-17-10-6-15(7-11-17)4-5-16-8-12-18(13-9-16)22-19-3-1-2-14-21-19;/h6-13,19-20H,1-5,14H2;. The molecule has 0 bridgehead atoms. The quantitative estimate of drug-likeness (QED) is 0.854. The fourth-order valence-corrected chi connectivity index (χ4v) is 2.64. The molecule has 3 nitrogen and oxygen atoms in total. The molecule has 0 amide bonds. The zero-order valence-corrected chi connectivity index (χ0v) is 15.7. The zero-order chi connectivity index (χ0) is 15.2. The van der Waals surface area contributed by atoms with Crippen molar-refractivity contribution in [3.8, 4) is 11.5 Å². The fourth-order valence-electron chi connectivity index (χ4n) is 2.64. The Balaban J connectivity index is 0.00000192. The Morgan fingerprint density at radius 1 is 0.913 bits per heavy atom. The molecule has 117 valence electrons. The third kappa shape index (κ3) is 5.85. The van der Waals surface area contributed by atoms with Gasteiger partial charge in [0.15, 0.2) is 6.29 Å². The van der Waals surface area contributed by atoms with E-state index in [1.165, 1.54) is 17.5 Å². The Kier molecular flexibility index (Phi) is 7.44.